The van der Waals surface area contributed by atoms with Crippen LogP contribution in [0.3, 0.4) is 0 Å². The van der Waals surface area contributed by atoms with Gasteiger partial charge in [0.05, 0.1) is 13.2 Å². The average Bonchev–Trinajstić information content (AvgIpc) is 2.02. The lowest BCUT2D eigenvalue weighted by molar-refractivity contribution is -0.124. The van der Waals surface area contributed by atoms with E-state index in [4.69, 9.17) is 9.47 Å². The molecular formula is C10H20O3. The van der Waals surface area contributed by atoms with Crippen LogP contribution in [0.4, 0.5) is 0 Å². The van der Waals surface area contributed by atoms with Gasteiger partial charge in [-0.1, -0.05) is 13.8 Å². The molecule has 0 amide bonds. The largest absolute Gasteiger partial charge is 0.379 e. The maximum absolute atomic E-state index is 11.1. The molecule has 0 saturated heterocycles. The predicted octanol–water partition coefficient (Wildman–Crippen LogP) is 1.65. The number of carbonyl (C=O) groups excluding carboxylic acids is 1. The first kappa shape index (κ1) is 12.6. The van der Waals surface area contributed by atoms with E-state index < -0.39 is 0 Å². The molecule has 0 aromatic heterocycles. The third-order valence-corrected chi connectivity index (χ3v) is 1.48. The monoisotopic (exact) mass is 188 g/mol. The van der Waals surface area contributed by atoms with Gasteiger partial charge in [0.2, 0.25) is 0 Å². The van der Waals surface area contributed by atoms with Gasteiger partial charge < -0.3 is 9.47 Å². The lowest BCUT2D eigenvalue weighted by Crippen LogP contribution is -2.13. The first-order valence-corrected chi connectivity index (χ1v) is 4.84. The molecule has 78 valence electrons. The van der Waals surface area contributed by atoms with Crippen LogP contribution in [0.15, 0.2) is 0 Å². The fraction of sp³-hybridized carbons (Fsp3) is 0.900. The number of Topliss-reactive ketones (excluding diaryl/α,β-unsaturated/α-hetero) is 1. The highest BCUT2D eigenvalue weighted by atomic mass is 16.5. The lowest BCUT2D eigenvalue weighted by Gasteiger charge is -2.05. The summed E-state index contributed by atoms with van der Waals surface area (Å²) in [6, 6.07) is 0. The summed E-state index contributed by atoms with van der Waals surface area (Å²) in [5.74, 6) is 0.592. The molecule has 0 unspecified atom stereocenters. The molecule has 3 nitrogen and oxygen atoms in total. The number of ether oxygens (including phenoxy) is 2. The van der Waals surface area contributed by atoms with E-state index in [9.17, 15) is 4.79 Å². The Balaban J connectivity index is 3.17. The van der Waals surface area contributed by atoms with E-state index in [0.717, 1.165) is 0 Å². The number of ketones is 1. The van der Waals surface area contributed by atoms with Gasteiger partial charge in [-0.2, -0.15) is 0 Å². The zero-order valence-electron chi connectivity index (χ0n) is 8.84. The first-order chi connectivity index (χ1) is 6.16. The second-order valence-electron chi connectivity index (χ2n) is 3.39. The van der Waals surface area contributed by atoms with E-state index >= 15 is 0 Å². The molecule has 0 spiro atoms. The van der Waals surface area contributed by atoms with Crippen molar-refractivity contribution in [2.45, 2.75) is 27.2 Å². The van der Waals surface area contributed by atoms with E-state index in [1.807, 2.05) is 20.8 Å². The van der Waals surface area contributed by atoms with Crippen LogP contribution in [-0.4, -0.2) is 32.2 Å². The molecule has 0 rings (SSSR count). The Hall–Kier alpha value is -0.410. The van der Waals surface area contributed by atoms with Gasteiger partial charge in [-0.25, -0.2) is 0 Å². The molecule has 3 heteroatoms. The first-order valence-electron chi connectivity index (χ1n) is 4.84. The van der Waals surface area contributed by atoms with Gasteiger partial charge >= 0.3 is 0 Å². The van der Waals surface area contributed by atoms with Crippen LogP contribution in [0, 0.1) is 5.92 Å². The quantitative estimate of drug-likeness (QED) is 0.543. The molecular weight excluding hydrogens is 168 g/mol. The molecule has 0 radical (unpaired) electrons. The molecule has 0 bridgehead atoms. The average molecular weight is 188 g/mol. The Bertz CT molecular complexity index is 132. The van der Waals surface area contributed by atoms with Crippen LogP contribution in [0.5, 0.6) is 0 Å². The summed E-state index contributed by atoms with van der Waals surface area (Å²) >= 11 is 0. The smallest absolute Gasteiger partial charge is 0.158 e. The second kappa shape index (κ2) is 8.20. The Morgan fingerprint density at radius 2 is 1.85 bits per heavy atom. The molecule has 0 aromatic rings. The molecule has 0 fully saturated rings. The Morgan fingerprint density at radius 3 is 2.38 bits per heavy atom. The molecule has 0 aliphatic carbocycles. The van der Waals surface area contributed by atoms with E-state index in [0.29, 0.717) is 32.2 Å². The van der Waals surface area contributed by atoms with Crippen molar-refractivity contribution in [3.05, 3.63) is 0 Å². The topological polar surface area (TPSA) is 35.5 Å². The lowest BCUT2D eigenvalue weighted by atomic mass is 10.1. The van der Waals surface area contributed by atoms with E-state index in [-0.39, 0.29) is 12.4 Å². The Labute approximate surface area is 80.4 Å². The van der Waals surface area contributed by atoms with Crippen molar-refractivity contribution in [3.8, 4) is 0 Å². The van der Waals surface area contributed by atoms with Gasteiger partial charge in [0.25, 0.3) is 0 Å². The number of rotatable bonds is 8. The summed E-state index contributed by atoms with van der Waals surface area (Å²) in [7, 11) is 0. The van der Waals surface area contributed by atoms with Gasteiger partial charge in [-0.3, -0.25) is 4.79 Å². The zero-order valence-corrected chi connectivity index (χ0v) is 8.84. The van der Waals surface area contributed by atoms with Crippen molar-refractivity contribution in [2.75, 3.05) is 26.4 Å². The Kier molecular flexibility index (Phi) is 7.94. The highest BCUT2D eigenvalue weighted by Crippen LogP contribution is 1.99. The SMILES string of the molecule is CCOCCOCC(=O)CC(C)C. The van der Waals surface area contributed by atoms with Crippen molar-refractivity contribution in [1.29, 1.82) is 0 Å². The maximum Gasteiger partial charge on any atom is 0.158 e. The minimum absolute atomic E-state index is 0.173. The minimum atomic E-state index is 0.173. The molecule has 0 heterocycles. The maximum atomic E-state index is 11.1. The molecule has 0 atom stereocenters. The van der Waals surface area contributed by atoms with Gasteiger partial charge in [0.15, 0.2) is 5.78 Å². The van der Waals surface area contributed by atoms with Crippen molar-refractivity contribution in [1.82, 2.24) is 0 Å². The number of carbonyl (C=O) groups is 1. The second-order valence-corrected chi connectivity index (χ2v) is 3.39. The molecule has 13 heavy (non-hydrogen) atoms. The number of hydrogen-bond acceptors (Lipinski definition) is 3. The van der Waals surface area contributed by atoms with E-state index in [1.165, 1.54) is 0 Å². The normalized spacial score (nSPS) is 10.8. The summed E-state index contributed by atoms with van der Waals surface area (Å²) in [5, 5.41) is 0. The van der Waals surface area contributed by atoms with Crippen LogP contribution in [0.2, 0.25) is 0 Å². The number of hydrogen-bond donors (Lipinski definition) is 0. The summed E-state index contributed by atoms with van der Waals surface area (Å²) in [6.45, 7) is 8.00. The van der Waals surface area contributed by atoms with Gasteiger partial charge in [-0.15, -0.1) is 0 Å². The summed E-state index contributed by atoms with van der Waals surface area (Å²) in [5.41, 5.74) is 0. The van der Waals surface area contributed by atoms with Crippen LogP contribution < -0.4 is 0 Å². The molecule has 0 aliphatic heterocycles. The fourth-order valence-electron chi connectivity index (χ4n) is 0.962. The highest BCUT2D eigenvalue weighted by molar-refractivity contribution is 5.79. The minimum Gasteiger partial charge on any atom is -0.379 e. The van der Waals surface area contributed by atoms with Crippen LogP contribution >= 0.6 is 0 Å². The molecule has 0 saturated carbocycles. The van der Waals surface area contributed by atoms with Crippen LogP contribution in [0.1, 0.15) is 27.2 Å². The van der Waals surface area contributed by atoms with Crippen LogP contribution in [0.25, 0.3) is 0 Å². The summed E-state index contributed by atoms with van der Waals surface area (Å²) < 4.78 is 10.2. The van der Waals surface area contributed by atoms with Crippen molar-refractivity contribution in [3.63, 3.8) is 0 Å². The molecule has 0 aliphatic rings. The van der Waals surface area contributed by atoms with Gasteiger partial charge in [0, 0.05) is 13.0 Å². The van der Waals surface area contributed by atoms with Gasteiger partial charge in [-0.05, 0) is 12.8 Å². The fourth-order valence-corrected chi connectivity index (χ4v) is 0.962. The molecule has 0 aromatic carbocycles. The van der Waals surface area contributed by atoms with E-state index in [1.54, 1.807) is 0 Å². The van der Waals surface area contributed by atoms with Crippen LogP contribution in [-0.2, 0) is 14.3 Å². The van der Waals surface area contributed by atoms with Crippen molar-refractivity contribution >= 4 is 5.78 Å². The summed E-state index contributed by atoms with van der Waals surface area (Å²) in [6.07, 6.45) is 0.606. The predicted molar refractivity (Wildman–Crippen MR) is 51.8 cm³/mol. The standard InChI is InChI=1S/C10H20O3/c1-4-12-5-6-13-8-10(11)7-9(2)3/h9H,4-8H2,1-3H3. The zero-order chi connectivity index (χ0) is 10.1. The van der Waals surface area contributed by atoms with Crippen molar-refractivity contribution in [2.24, 2.45) is 5.92 Å². The highest BCUT2D eigenvalue weighted by Gasteiger charge is 2.04. The summed E-state index contributed by atoms with van der Waals surface area (Å²) in [4.78, 5) is 11.1. The third kappa shape index (κ3) is 9.50. The Morgan fingerprint density at radius 1 is 1.23 bits per heavy atom. The van der Waals surface area contributed by atoms with E-state index in [2.05, 4.69) is 0 Å². The van der Waals surface area contributed by atoms with Gasteiger partial charge in [0.1, 0.15) is 6.61 Å². The molecule has 0 N–H and O–H groups in total. The third-order valence-electron chi connectivity index (χ3n) is 1.48. The van der Waals surface area contributed by atoms with Crippen molar-refractivity contribution < 1.29 is 14.3 Å².